The van der Waals surface area contributed by atoms with E-state index in [1.54, 1.807) is 19.1 Å². The van der Waals surface area contributed by atoms with E-state index in [4.69, 9.17) is 0 Å². The fourth-order valence-electron chi connectivity index (χ4n) is 3.55. The molecule has 1 nitrogen and oxygen atoms in total. The van der Waals surface area contributed by atoms with Gasteiger partial charge in [0, 0.05) is 11.1 Å². The third-order valence-electron chi connectivity index (χ3n) is 5.41. The van der Waals surface area contributed by atoms with Gasteiger partial charge in [-0.25, -0.2) is 8.78 Å². The zero-order valence-corrected chi connectivity index (χ0v) is 17.1. The summed E-state index contributed by atoms with van der Waals surface area (Å²) in [6.07, 6.45) is 4.12. The van der Waals surface area contributed by atoms with Gasteiger partial charge in [-0.1, -0.05) is 87.4 Å². The van der Waals surface area contributed by atoms with Gasteiger partial charge in [0.15, 0.2) is 11.6 Å². The van der Waals surface area contributed by atoms with Gasteiger partial charge in [-0.3, -0.25) is 0 Å². The standard InChI is InChI=1S/C26H28F2O/c1-3-5-6-7-18-8-10-19(11-9-18)20-12-14-21(15-13-20)22-16-17-23(24(29)4-2)26(28)25(22)27/h8-17,24,29H,3-7H2,1-2H3. The first kappa shape index (κ1) is 21.2. The second kappa shape index (κ2) is 9.80. The monoisotopic (exact) mass is 394 g/mol. The van der Waals surface area contributed by atoms with Crippen molar-refractivity contribution in [1.82, 2.24) is 0 Å². The third-order valence-corrected chi connectivity index (χ3v) is 5.41. The molecular weight excluding hydrogens is 366 g/mol. The van der Waals surface area contributed by atoms with Crippen LogP contribution in [0.25, 0.3) is 22.3 Å². The Bertz CT molecular complexity index is 930. The lowest BCUT2D eigenvalue weighted by Gasteiger charge is -2.13. The van der Waals surface area contributed by atoms with Crippen LogP contribution in [0.15, 0.2) is 60.7 Å². The molecule has 0 aromatic heterocycles. The number of benzene rings is 3. The molecule has 0 saturated heterocycles. The molecule has 3 aromatic carbocycles. The Morgan fingerprint density at radius 2 is 1.31 bits per heavy atom. The summed E-state index contributed by atoms with van der Waals surface area (Å²) >= 11 is 0. The molecule has 152 valence electrons. The van der Waals surface area contributed by atoms with Gasteiger partial charge < -0.3 is 5.11 Å². The highest BCUT2D eigenvalue weighted by molar-refractivity contribution is 5.71. The van der Waals surface area contributed by atoms with Crippen LogP contribution in [0.1, 0.15) is 56.8 Å². The fraction of sp³-hybridized carbons (Fsp3) is 0.308. The predicted octanol–water partition coefficient (Wildman–Crippen LogP) is 7.47. The third kappa shape index (κ3) is 4.91. The van der Waals surface area contributed by atoms with Crippen LogP contribution < -0.4 is 0 Å². The van der Waals surface area contributed by atoms with Gasteiger partial charge in [0.25, 0.3) is 0 Å². The van der Waals surface area contributed by atoms with E-state index in [1.807, 2.05) is 12.1 Å². The van der Waals surface area contributed by atoms with E-state index in [0.717, 1.165) is 17.5 Å². The largest absolute Gasteiger partial charge is 0.388 e. The summed E-state index contributed by atoms with van der Waals surface area (Å²) in [6.45, 7) is 3.93. The smallest absolute Gasteiger partial charge is 0.167 e. The van der Waals surface area contributed by atoms with E-state index in [9.17, 15) is 13.9 Å². The zero-order chi connectivity index (χ0) is 20.8. The van der Waals surface area contributed by atoms with E-state index in [0.29, 0.717) is 12.0 Å². The first-order chi connectivity index (χ1) is 14.0. The predicted molar refractivity (Wildman–Crippen MR) is 116 cm³/mol. The molecule has 0 amide bonds. The minimum absolute atomic E-state index is 0.00407. The Labute approximate surface area is 172 Å². The summed E-state index contributed by atoms with van der Waals surface area (Å²) < 4.78 is 28.9. The second-order valence-electron chi connectivity index (χ2n) is 7.49. The summed E-state index contributed by atoms with van der Waals surface area (Å²) in [5.74, 6) is -1.89. The van der Waals surface area contributed by atoms with E-state index in [2.05, 4.69) is 31.2 Å². The first-order valence-corrected chi connectivity index (χ1v) is 10.4. The van der Waals surface area contributed by atoms with Crippen LogP contribution in [0.3, 0.4) is 0 Å². The lowest BCUT2D eigenvalue weighted by molar-refractivity contribution is 0.167. The molecule has 0 spiro atoms. The summed E-state index contributed by atoms with van der Waals surface area (Å²) in [5.41, 5.74) is 4.29. The number of aryl methyl sites for hydroxylation is 1. The van der Waals surface area contributed by atoms with Gasteiger partial charge >= 0.3 is 0 Å². The number of unbranched alkanes of at least 4 members (excludes halogenated alkanes) is 2. The maximum Gasteiger partial charge on any atom is 0.167 e. The quantitative estimate of drug-likeness (QED) is 0.393. The molecule has 0 aliphatic rings. The van der Waals surface area contributed by atoms with Gasteiger partial charge in [-0.2, -0.15) is 0 Å². The Morgan fingerprint density at radius 1 is 0.724 bits per heavy atom. The van der Waals surface area contributed by atoms with Crippen molar-refractivity contribution in [2.45, 2.75) is 52.1 Å². The minimum atomic E-state index is -0.995. The molecule has 3 heteroatoms. The molecule has 0 aliphatic carbocycles. The number of aliphatic hydroxyl groups excluding tert-OH is 1. The van der Waals surface area contributed by atoms with E-state index in [1.165, 1.54) is 37.0 Å². The molecule has 1 N–H and O–H groups in total. The van der Waals surface area contributed by atoms with Crippen LogP contribution in [0, 0.1) is 11.6 Å². The second-order valence-corrected chi connectivity index (χ2v) is 7.49. The normalized spacial score (nSPS) is 12.2. The van der Waals surface area contributed by atoms with Crippen molar-refractivity contribution >= 4 is 0 Å². The molecule has 3 aromatic rings. The highest BCUT2D eigenvalue weighted by Gasteiger charge is 2.18. The van der Waals surface area contributed by atoms with Crippen LogP contribution >= 0.6 is 0 Å². The molecule has 0 bridgehead atoms. The Kier molecular flexibility index (Phi) is 7.16. The molecule has 0 fully saturated rings. The van der Waals surface area contributed by atoms with E-state index >= 15 is 0 Å². The van der Waals surface area contributed by atoms with Crippen LogP contribution in [-0.2, 0) is 6.42 Å². The number of aliphatic hydroxyl groups is 1. The van der Waals surface area contributed by atoms with E-state index < -0.39 is 17.7 Å². The Morgan fingerprint density at radius 3 is 1.90 bits per heavy atom. The molecule has 0 saturated carbocycles. The lowest BCUT2D eigenvalue weighted by atomic mass is 9.96. The molecule has 0 radical (unpaired) electrons. The summed E-state index contributed by atoms with van der Waals surface area (Å²) in [5, 5.41) is 9.83. The lowest BCUT2D eigenvalue weighted by Crippen LogP contribution is -2.02. The number of halogens is 2. The summed E-state index contributed by atoms with van der Waals surface area (Å²) in [4.78, 5) is 0. The molecule has 3 rings (SSSR count). The molecule has 29 heavy (non-hydrogen) atoms. The average molecular weight is 395 g/mol. The summed E-state index contributed by atoms with van der Waals surface area (Å²) in [6, 6.07) is 19.0. The fourth-order valence-corrected chi connectivity index (χ4v) is 3.55. The van der Waals surface area contributed by atoms with Crippen molar-refractivity contribution in [3.63, 3.8) is 0 Å². The maximum atomic E-state index is 14.6. The number of hydrogen-bond donors (Lipinski definition) is 1. The van der Waals surface area contributed by atoms with Crippen molar-refractivity contribution in [3.05, 3.63) is 83.4 Å². The number of hydrogen-bond acceptors (Lipinski definition) is 1. The van der Waals surface area contributed by atoms with Crippen LogP contribution in [0.4, 0.5) is 8.78 Å². The molecule has 1 atom stereocenters. The maximum absolute atomic E-state index is 14.6. The van der Waals surface area contributed by atoms with Crippen molar-refractivity contribution < 1.29 is 13.9 Å². The Hall–Kier alpha value is -2.52. The van der Waals surface area contributed by atoms with Gasteiger partial charge in [-0.15, -0.1) is 0 Å². The van der Waals surface area contributed by atoms with Crippen molar-refractivity contribution in [3.8, 4) is 22.3 Å². The van der Waals surface area contributed by atoms with Crippen molar-refractivity contribution in [2.24, 2.45) is 0 Å². The molecule has 0 aliphatic heterocycles. The first-order valence-electron chi connectivity index (χ1n) is 10.4. The summed E-state index contributed by atoms with van der Waals surface area (Å²) in [7, 11) is 0. The van der Waals surface area contributed by atoms with Gasteiger partial charge in [0.1, 0.15) is 0 Å². The van der Waals surface area contributed by atoms with Crippen molar-refractivity contribution in [2.75, 3.05) is 0 Å². The highest BCUT2D eigenvalue weighted by Crippen LogP contribution is 2.31. The molecule has 1 unspecified atom stereocenters. The van der Waals surface area contributed by atoms with Gasteiger partial charge in [0.2, 0.25) is 0 Å². The van der Waals surface area contributed by atoms with E-state index in [-0.39, 0.29) is 11.1 Å². The average Bonchev–Trinajstić information content (AvgIpc) is 2.76. The zero-order valence-electron chi connectivity index (χ0n) is 17.1. The van der Waals surface area contributed by atoms with Crippen LogP contribution in [0.5, 0.6) is 0 Å². The highest BCUT2D eigenvalue weighted by atomic mass is 19.2. The molecular formula is C26H28F2O. The van der Waals surface area contributed by atoms with Gasteiger partial charge in [-0.05, 0) is 41.5 Å². The van der Waals surface area contributed by atoms with Crippen molar-refractivity contribution in [1.29, 1.82) is 0 Å². The van der Waals surface area contributed by atoms with Crippen LogP contribution in [-0.4, -0.2) is 5.11 Å². The van der Waals surface area contributed by atoms with Crippen LogP contribution in [0.2, 0.25) is 0 Å². The van der Waals surface area contributed by atoms with Gasteiger partial charge in [0.05, 0.1) is 6.10 Å². The Balaban J connectivity index is 1.79. The number of rotatable bonds is 8. The minimum Gasteiger partial charge on any atom is -0.388 e. The topological polar surface area (TPSA) is 20.2 Å². The SMILES string of the molecule is CCCCCc1ccc(-c2ccc(-c3ccc(C(O)CC)c(F)c3F)cc2)cc1. The molecule has 0 heterocycles.